The molecule has 1 saturated heterocycles. The molecule has 1 aliphatic rings. The third-order valence-electron chi connectivity index (χ3n) is 6.73. The van der Waals surface area contributed by atoms with Crippen molar-refractivity contribution in [2.24, 2.45) is 0 Å². The lowest BCUT2D eigenvalue weighted by Gasteiger charge is -2.26. The predicted octanol–water partition coefficient (Wildman–Crippen LogP) is 3.90. The first kappa shape index (κ1) is 31.1. The van der Waals surface area contributed by atoms with Gasteiger partial charge in [0.1, 0.15) is 36.1 Å². The first-order chi connectivity index (χ1) is 20.4. The molecule has 42 heavy (non-hydrogen) atoms. The van der Waals surface area contributed by atoms with Gasteiger partial charge < -0.3 is 40.0 Å². The highest BCUT2D eigenvalue weighted by Gasteiger charge is 2.16. The van der Waals surface area contributed by atoms with Gasteiger partial charge in [-0.15, -0.1) is 0 Å². The predicted molar refractivity (Wildman–Crippen MR) is 167 cm³/mol. The monoisotopic (exact) mass is 598 g/mol. The maximum atomic E-state index is 11.4. The fourth-order valence-electron chi connectivity index (χ4n) is 4.39. The molecule has 1 fully saturated rings. The molecule has 12 nitrogen and oxygen atoms in total. The summed E-state index contributed by atoms with van der Waals surface area (Å²) in [5.74, 6) is 2.32. The van der Waals surface area contributed by atoms with E-state index in [1.54, 1.807) is 19.2 Å². The van der Waals surface area contributed by atoms with Gasteiger partial charge in [-0.1, -0.05) is 11.6 Å². The zero-order valence-corrected chi connectivity index (χ0v) is 25.3. The topological polar surface area (TPSA) is 116 Å². The molecule has 1 amide bonds. The second-order valence-electron chi connectivity index (χ2n) is 10.0. The Labute approximate surface area is 251 Å². The minimum Gasteiger partial charge on any atom is -0.494 e. The number of nitrogens with one attached hydrogen (secondary N) is 3. The van der Waals surface area contributed by atoms with Gasteiger partial charge in [0.25, 0.3) is 0 Å². The molecule has 0 atom stereocenters. The molecular formula is C29H39ClN8O4. The van der Waals surface area contributed by atoms with Crippen molar-refractivity contribution in [3.8, 4) is 11.5 Å². The molecule has 2 heterocycles. The number of aromatic nitrogens is 2. The van der Waals surface area contributed by atoms with Crippen LogP contribution in [-0.2, 0) is 9.53 Å². The van der Waals surface area contributed by atoms with E-state index < -0.39 is 0 Å². The summed E-state index contributed by atoms with van der Waals surface area (Å²) in [5, 5.41) is 9.84. The normalized spacial score (nSPS) is 13.5. The maximum absolute atomic E-state index is 11.4. The highest BCUT2D eigenvalue weighted by molar-refractivity contribution is 6.32. The Morgan fingerprint density at radius 3 is 2.45 bits per heavy atom. The van der Waals surface area contributed by atoms with E-state index in [4.69, 9.17) is 25.8 Å². The van der Waals surface area contributed by atoms with Crippen LogP contribution in [0.4, 0.5) is 34.4 Å². The Hall–Kier alpha value is -3.84. The lowest BCUT2D eigenvalue weighted by molar-refractivity contribution is -0.105. The van der Waals surface area contributed by atoms with E-state index in [9.17, 15) is 4.79 Å². The number of carbonyl (C=O) groups excluding carboxylic acids is 1. The van der Waals surface area contributed by atoms with Gasteiger partial charge in [-0.25, -0.2) is 9.97 Å². The smallest absolute Gasteiger partial charge is 0.211 e. The number of nitrogens with zero attached hydrogens (tertiary/aromatic N) is 5. The third-order valence-corrected chi connectivity index (χ3v) is 7.02. The van der Waals surface area contributed by atoms with Gasteiger partial charge >= 0.3 is 0 Å². The fourth-order valence-corrected chi connectivity index (χ4v) is 4.62. The molecule has 1 aliphatic heterocycles. The number of methoxy groups -OCH3 is 1. The summed E-state index contributed by atoms with van der Waals surface area (Å²) in [6.45, 7) is 6.34. The average Bonchev–Trinajstić information content (AvgIpc) is 2.98. The summed E-state index contributed by atoms with van der Waals surface area (Å²) in [7, 11) is 7.61. The molecule has 3 aromatic rings. The zero-order valence-electron chi connectivity index (χ0n) is 24.5. The van der Waals surface area contributed by atoms with Crippen LogP contribution in [0.2, 0.25) is 5.02 Å². The number of morpholine rings is 1. The second-order valence-corrected chi connectivity index (χ2v) is 10.5. The number of hydrogen-bond acceptors (Lipinski definition) is 11. The lowest BCUT2D eigenvalue weighted by Crippen LogP contribution is -2.38. The van der Waals surface area contributed by atoms with E-state index >= 15 is 0 Å². The van der Waals surface area contributed by atoms with Crippen LogP contribution in [0.1, 0.15) is 0 Å². The number of halogens is 1. The standard InChI is InChI=1S/C29H39ClN8O4/c1-36(2)7-8-37(3)25-17-27(40-4)24(16-23(25)33-20-39)35-29-18-28(31-19-32-29)34-21-5-6-26(22(30)15-21)42-14-11-38-9-12-41-13-10-38/h5-6,15-20H,7-14H2,1-4H3,(H,33,39)(H2,31,32,34,35). The molecule has 1 aromatic heterocycles. The zero-order chi connectivity index (χ0) is 29.9. The molecule has 4 rings (SSSR count). The van der Waals surface area contributed by atoms with Crippen LogP contribution in [0, 0.1) is 0 Å². The van der Waals surface area contributed by atoms with E-state index in [2.05, 4.69) is 40.6 Å². The minimum absolute atomic E-state index is 0.505. The van der Waals surface area contributed by atoms with Crippen molar-refractivity contribution in [3.63, 3.8) is 0 Å². The third kappa shape index (κ3) is 8.83. The molecule has 226 valence electrons. The molecule has 0 unspecified atom stereocenters. The molecule has 3 N–H and O–H groups in total. The number of carbonyl (C=O) groups is 1. The van der Waals surface area contributed by atoms with Crippen LogP contribution in [0.5, 0.6) is 11.5 Å². The maximum Gasteiger partial charge on any atom is 0.211 e. The Morgan fingerprint density at radius 1 is 1.00 bits per heavy atom. The van der Waals surface area contributed by atoms with Gasteiger partial charge in [0, 0.05) is 57.6 Å². The number of rotatable bonds is 15. The van der Waals surface area contributed by atoms with Crippen LogP contribution >= 0.6 is 11.6 Å². The average molecular weight is 599 g/mol. The van der Waals surface area contributed by atoms with Crippen molar-refractivity contribution in [2.45, 2.75) is 0 Å². The van der Waals surface area contributed by atoms with Gasteiger partial charge in [-0.3, -0.25) is 9.69 Å². The summed E-state index contributed by atoms with van der Waals surface area (Å²) in [6.07, 6.45) is 2.11. The lowest BCUT2D eigenvalue weighted by atomic mass is 10.2. The van der Waals surface area contributed by atoms with Crippen LogP contribution in [0.3, 0.4) is 0 Å². The van der Waals surface area contributed by atoms with Crippen LogP contribution in [-0.4, -0.2) is 107 Å². The van der Waals surface area contributed by atoms with Crippen LogP contribution in [0.15, 0.2) is 42.7 Å². The Balaban J connectivity index is 1.43. The van der Waals surface area contributed by atoms with E-state index in [1.807, 2.05) is 45.4 Å². The Bertz CT molecular complexity index is 1320. The second kappa shape index (κ2) is 15.4. The van der Waals surface area contributed by atoms with Gasteiger partial charge in [0.2, 0.25) is 6.41 Å². The van der Waals surface area contributed by atoms with E-state index in [-0.39, 0.29) is 0 Å². The molecule has 0 saturated carbocycles. The van der Waals surface area contributed by atoms with E-state index in [0.29, 0.717) is 52.5 Å². The number of anilines is 6. The summed E-state index contributed by atoms with van der Waals surface area (Å²) >= 11 is 6.51. The summed E-state index contributed by atoms with van der Waals surface area (Å²) < 4.78 is 17.0. The van der Waals surface area contributed by atoms with Crippen LogP contribution < -0.4 is 30.3 Å². The molecule has 0 bridgehead atoms. The molecule has 0 radical (unpaired) electrons. The van der Waals surface area contributed by atoms with Gasteiger partial charge in [0.05, 0.1) is 42.4 Å². The van der Waals surface area contributed by atoms with Gasteiger partial charge in [-0.05, 0) is 38.4 Å². The first-order valence-corrected chi connectivity index (χ1v) is 14.1. The van der Waals surface area contributed by atoms with Crippen molar-refractivity contribution in [1.82, 2.24) is 19.8 Å². The highest BCUT2D eigenvalue weighted by atomic mass is 35.5. The number of benzene rings is 2. The summed E-state index contributed by atoms with van der Waals surface area (Å²) in [5.41, 5.74) is 2.87. The molecular weight excluding hydrogens is 560 g/mol. The molecule has 13 heteroatoms. The van der Waals surface area contributed by atoms with E-state index in [1.165, 1.54) is 6.33 Å². The largest absolute Gasteiger partial charge is 0.494 e. The van der Waals surface area contributed by atoms with Crippen molar-refractivity contribution in [2.75, 3.05) is 102 Å². The van der Waals surface area contributed by atoms with Gasteiger partial charge in [-0.2, -0.15) is 0 Å². The van der Waals surface area contributed by atoms with Gasteiger partial charge in [0.15, 0.2) is 0 Å². The highest BCUT2D eigenvalue weighted by Crippen LogP contribution is 2.38. The van der Waals surface area contributed by atoms with Crippen LogP contribution in [0.25, 0.3) is 0 Å². The Morgan fingerprint density at radius 2 is 1.76 bits per heavy atom. The van der Waals surface area contributed by atoms with Crippen molar-refractivity contribution >= 4 is 52.4 Å². The molecule has 2 aromatic carbocycles. The minimum atomic E-state index is 0.505. The Kier molecular flexibility index (Phi) is 11.4. The number of likely N-dealkylation sites (N-methyl/N-ethyl adjacent to an activating group) is 2. The summed E-state index contributed by atoms with van der Waals surface area (Å²) in [4.78, 5) is 26.5. The SMILES string of the molecule is COc1cc(N(C)CCN(C)C)c(NC=O)cc1Nc1cc(Nc2ccc(OCCN3CCOCC3)c(Cl)c2)ncn1. The van der Waals surface area contributed by atoms with Crippen molar-refractivity contribution in [1.29, 1.82) is 0 Å². The number of hydrogen-bond donors (Lipinski definition) is 3. The number of ether oxygens (including phenoxy) is 3. The van der Waals surface area contributed by atoms with Crippen molar-refractivity contribution < 1.29 is 19.0 Å². The first-order valence-electron chi connectivity index (χ1n) is 13.7. The molecule has 0 spiro atoms. The molecule has 0 aliphatic carbocycles. The van der Waals surface area contributed by atoms with Crippen molar-refractivity contribution in [3.05, 3.63) is 47.7 Å². The van der Waals surface area contributed by atoms with E-state index in [0.717, 1.165) is 57.3 Å². The summed E-state index contributed by atoms with van der Waals surface area (Å²) in [6, 6.07) is 11.0. The quantitative estimate of drug-likeness (QED) is 0.221. The number of amides is 1. The fraction of sp³-hybridized carbons (Fsp3) is 0.414.